The number of hydrogen-bond acceptors (Lipinski definition) is 5. The fourth-order valence-corrected chi connectivity index (χ4v) is 3.57. The maximum Gasteiger partial charge on any atom is 0.266 e. The normalized spacial score (nSPS) is 12.3. The summed E-state index contributed by atoms with van der Waals surface area (Å²) in [6.45, 7) is 0.497. The SMILES string of the molecule is O=C(C=c1[nH]c(=O)c(=Cc2ccc(OCc3ccccc3)cc2)s1)c1ccco1. The third kappa shape index (κ3) is 4.80. The van der Waals surface area contributed by atoms with Crippen molar-refractivity contribution >= 4 is 29.3 Å². The lowest BCUT2D eigenvalue weighted by molar-refractivity contribution is 0.103. The highest BCUT2D eigenvalue weighted by Gasteiger charge is 2.05. The Labute approximate surface area is 170 Å². The molecule has 5 nitrogen and oxygen atoms in total. The van der Waals surface area contributed by atoms with Gasteiger partial charge in [0.25, 0.3) is 5.56 Å². The molecule has 2 heterocycles. The Morgan fingerprint density at radius 2 is 1.83 bits per heavy atom. The summed E-state index contributed by atoms with van der Waals surface area (Å²) in [6.07, 6.45) is 4.58. The Morgan fingerprint density at radius 3 is 2.55 bits per heavy atom. The van der Waals surface area contributed by atoms with Crippen LogP contribution in [0, 0.1) is 0 Å². The summed E-state index contributed by atoms with van der Waals surface area (Å²) in [4.78, 5) is 26.9. The number of benzene rings is 2. The average molecular weight is 403 g/mol. The Hall–Kier alpha value is -3.64. The lowest BCUT2D eigenvalue weighted by Gasteiger charge is -2.06. The second-order valence-electron chi connectivity index (χ2n) is 6.26. The van der Waals surface area contributed by atoms with Crippen LogP contribution in [0.3, 0.4) is 0 Å². The van der Waals surface area contributed by atoms with Crippen LogP contribution in [0.4, 0.5) is 0 Å². The molecule has 0 unspecified atom stereocenters. The van der Waals surface area contributed by atoms with E-state index in [1.54, 1.807) is 18.2 Å². The Balaban J connectivity index is 1.50. The Morgan fingerprint density at radius 1 is 1.03 bits per heavy atom. The molecular formula is C23H17NO4S. The quantitative estimate of drug-likeness (QED) is 0.502. The van der Waals surface area contributed by atoms with Crippen molar-refractivity contribution in [3.63, 3.8) is 0 Å². The second kappa shape index (κ2) is 8.58. The van der Waals surface area contributed by atoms with Crippen LogP contribution in [-0.4, -0.2) is 10.8 Å². The number of nitrogens with one attached hydrogen (secondary N) is 1. The van der Waals surface area contributed by atoms with Gasteiger partial charge in [0.15, 0.2) is 5.76 Å². The Bertz CT molecular complexity index is 1270. The molecule has 0 saturated heterocycles. The minimum Gasteiger partial charge on any atom is -0.489 e. The molecule has 0 aliphatic heterocycles. The summed E-state index contributed by atoms with van der Waals surface area (Å²) >= 11 is 1.22. The van der Waals surface area contributed by atoms with Gasteiger partial charge >= 0.3 is 0 Å². The van der Waals surface area contributed by atoms with Crippen LogP contribution < -0.4 is 19.5 Å². The van der Waals surface area contributed by atoms with Crippen LogP contribution in [0.1, 0.15) is 21.7 Å². The third-order valence-corrected chi connectivity index (χ3v) is 5.10. The van der Waals surface area contributed by atoms with Gasteiger partial charge in [0, 0.05) is 6.08 Å². The fourth-order valence-electron chi connectivity index (χ4n) is 2.69. The van der Waals surface area contributed by atoms with E-state index in [4.69, 9.17) is 9.15 Å². The van der Waals surface area contributed by atoms with Crippen LogP contribution >= 0.6 is 11.3 Å². The number of furan rings is 1. The summed E-state index contributed by atoms with van der Waals surface area (Å²) < 4.78 is 11.8. The smallest absolute Gasteiger partial charge is 0.266 e. The number of carbonyl (C=O) groups is 1. The lowest BCUT2D eigenvalue weighted by Crippen LogP contribution is -2.19. The van der Waals surface area contributed by atoms with E-state index in [0.717, 1.165) is 16.9 Å². The van der Waals surface area contributed by atoms with Crippen molar-refractivity contribution in [2.24, 2.45) is 0 Å². The number of Topliss-reactive ketones (excluding diaryl/α,β-unsaturated/α-hetero) is 1. The second-order valence-corrected chi connectivity index (χ2v) is 7.34. The zero-order chi connectivity index (χ0) is 20.1. The van der Waals surface area contributed by atoms with E-state index in [9.17, 15) is 9.59 Å². The number of hydrogen-bond donors (Lipinski definition) is 1. The predicted octanol–water partition coefficient (Wildman–Crippen LogP) is 3.10. The molecule has 0 fully saturated rings. The van der Waals surface area contributed by atoms with Crippen LogP contribution in [0.5, 0.6) is 5.75 Å². The minimum absolute atomic E-state index is 0.232. The van der Waals surface area contributed by atoms with Gasteiger partial charge in [-0.2, -0.15) is 0 Å². The summed E-state index contributed by atoms with van der Waals surface area (Å²) in [5.74, 6) is 0.694. The number of carbonyl (C=O) groups excluding carboxylic acids is 1. The topological polar surface area (TPSA) is 72.3 Å². The van der Waals surface area contributed by atoms with Crippen molar-refractivity contribution in [1.29, 1.82) is 0 Å². The van der Waals surface area contributed by atoms with Gasteiger partial charge in [0.05, 0.1) is 15.5 Å². The molecule has 0 aliphatic carbocycles. The van der Waals surface area contributed by atoms with E-state index in [1.807, 2.05) is 54.6 Å². The largest absolute Gasteiger partial charge is 0.489 e. The molecule has 144 valence electrons. The molecule has 0 atom stereocenters. The summed E-state index contributed by atoms with van der Waals surface area (Å²) in [5, 5.41) is 0. The van der Waals surface area contributed by atoms with Crippen molar-refractivity contribution in [1.82, 2.24) is 4.98 Å². The zero-order valence-electron chi connectivity index (χ0n) is 15.3. The van der Waals surface area contributed by atoms with E-state index in [2.05, 4.69) is 4.98 Å². The molecular weight excluding hydrogens is 386 g/mol. The monoisotopic (exact) mass is 403 g/mol. The molecule has 0 radical (unpaired) electrons. The third-order valence-electron chi connectivity index (χ3n) is 4.13. The van der Waals surface area contributed by atoms with E-state index in [1.165, 1.54) is 23.7 Å². The number of ether oxygens (including phenoxy) is 1. The van der Waals surface area contributed by atoms with Gasteiger partial charge in [0.1, 0.15) is 12.4 Å². The van der Waals surface area contributed by atoms with Gasteiger partial charge in [-0.3, -0.25) is 9.59 Å². The van der Waals surface area contributed by atoms with Gasteiger partial charge in [-0.25, -0.2) is 0 Å². The summed E-state index contributed by atoms with van der Waals surface area (Å²) in [6, 6.07) is 20.7. The number of rotatable bonds is 6. The molecule has 1 N–H and O–H groups in total. The Kier molecular flexibility index (Phi) is 5.54. The van der Waals surface area contributed by atoms with E-state index >= 15 is 0 Å². The number of ketones is 1. The zero-order valence-corrected chi connectivity index (χ0v) is 16.1. The number of H-pyrrole nitrogens is 1. The predicted molar refractivity (Wildman–Crippen MR) is 112 cm³/mol. The number of aromatic nitrogens is 1. The van der Waals surface area contributed by atoms with Crippen molar-refractivity contribution in [3.8, 4) is 5.75 Å². The first kappa shape index (κ1) is 18.7. The molecule has 0 amide bonds. The average Bonchev–Trinajstić information content (AvgIpc) is 3.39. The molecule has 29 heavy (non-hydrogen) atoms. The van der Waals surface area contributed by atoms with Crippen molar-refractivity contribution < 1.29 is 13.9 Å². The van der Waals surface area contributed by atoms with Gasteiger partial charge < -0.3 is 14.1 Å². The molecule has 0 bridgehead atoms. The number of aromatic amines is 1. The van der Waals surface area contributed by atoms with Gasteiger partial charge in [0.2, 0.25) is 5.78 Å². The molecule has 0 aliphatic rings. The first-order chi connectivity index (χ1) is 14.2. The highest BCUT2D eigenvalue weighted by molar-refractivity contribution is 7.07. The molecule has 0 spiro atoms. The summed E-state index contributed by atoms with van der Waals surface area (Å²) in [7, 11) is 0. The van der Waals surface area contributed by atoms with E-state index in [0.29, 0.717) is 15.8 Å². The van der Waals surface area contributed by atoms with Crippen LogP contribution in [-0.2, 0) is 6.61 Å². The van der Waals surface area contributed by atoms with Crippen molar-refractivity contribution in [3.05, 3.63) is 109 Å². The molecule has 0 saturated carbocycles. The van der Waals surface area contributed by atoms with Crippen molar-refractivity contribution in [2.75, 3.05) is 0 Å². The molecule has 2 aromatic heterocycles. The van der Waals surface area contributed by atoms with Crippen molar-refractivity contribution in [2.45, 2.75) is 6.61 Å². The standard InChI is InChI=1S/C23H17NO4S/c25-19(20-7-4-12-27-20)14-22-24-23(26)21(29-22)13-16-8-10-18(11-9-16)28-15-17-5-2-1-3-6-17/h1-14H,15H2,(H,24,26). The first-order valence-electron chi connectivity index (χ1n) is 8.94. The highest BCUT2D eigenvalue weighted by Crippen LogP contribution is 2.14. The molecule has 4 rings (SSSR count). The highest BCUT2D eigenvalue weighted by atomic mass is 32.1. The first-order valence-corrected chi connectivity index (χ1v) is 9.76. The van der Waals surface area contributed by atoms with E-state index < -0.39 is 0 Å². The van der Waals surface area contributed by atoms with Gasteiger partial charge in [-0.15, -0.1) is 11.3 Å². The molecule has 2 aromatic carbocycles. The number of thiazole rings is 1. The molecule has 4 aromatic rings. The van der Waals surface area contributed by atoms with E-state index in [-0.39, 0.29) is 17.1 Å². The summed E-state index contributed by atoms with van der Waals surface area (Å²) in [5.41, 5.74) is 1.73. The van der Waals surface area contributed by atoms with Crippen LogP contribution in [0.25, 0.3) is 12.2 Å². The maximum atomic E-state index is 12.2. The maximum absolute atomic E-state index is 12.2. The lowest BCUT2D eigenvalue weighted by atomic mass is 10.2. The van der Waals surface area contributed by atoms with Gasteiger partial charge in [-0.05, 0) is 41.5 Å². The van der Waals surface area contributed by atoms with Gasteiger partial charge in [-0.1, -0.05) is 42.5 Å². The van der Waals surface area contributed by atoms with Crippen LogP contribution in [0.15, 0.2) is 82.2 Å². The fraction of sp³-hybridized carbons (Fsp3) is 0.0435. The molecule has 6 heteroatoms. The van der Waals surface area contributed by atoms with Crippen LogP contribution in [0.2, 0.25) is 0 Å². The minimum atomic E-state index is -0.293.